The average Bonchev–Trinajstić information content (AvgIpc) is 2.83. The molecule has 0 aromatic carbocycles. The van der Waals surface area contributed by atoms with Crippen molar-refractivity contribution in [3.8, 4) is 0 Å². The van der Waals surface area contributed by atoms with Crippen LogP contribution in [0.15, 0.2) is 16.9 Å². The highest BCUT2D eigenvalue weighted by Crippen LogP contribution is 2.28. The number of carbonyl (C=O) groups is 1. The van der Waals surface area contributed by atoms with Gasteiger partial charge in [-0.2, -0.15) is 5.10 Å². The summed E-state index contributed by atoms with van der Waals surface area (Å²) < 4.78 is 7.83. The molecule has 0 saturated carbocycles. The van der Waals surface area contributed by atoms with Gasteiger partial charge in [0.05, 0.1) is 17.3 Å². The number of hydrogen-bond acceptors (Lipinski definition) is 4. The summed E-state index contributed by atoms with van der Waals surface area (Å²) in [6.07, 6.45) is 5.50. The Morgan fingerprint density at radius 1 is 1.60 bits per heavy atom. The summed E-state index contributed by atoms with van der Waals surface area (Å²) in [7, 11) is 1.72. The van der Waals surface area contributed by atoms with E-state index >= 15 is 0 Å². The highest BCUT2D eigenvalue weighted by Gasteiger charge is 2.32. The van der Waals surface area contributed by atoms with Crippen LogP contribution >= 0.6 is 15.9 Å². The Labute approximate surface area is 127 Å². The van der Waals surface area contributed by atoms with Crippen LogP contribution in [-0.4, -0.2) is 49.0 Å². The van der Waals surface area contributed by atoms with Gasteiger partial charge in [0.2, 0.25) is 5.91 Å². The van der Waals surface area contributed by atoms with Crippen molar-refractivity contribution in [1.29, 1.82) is 0 Å². The maximum Gasteiger partial charge on any atom is 0.241 e. The van der Waals surface area contributed by atoms with E-state index in [1.807, 2.05) is 0 Å². The van der Waals surface area contributed by atoms with E-state index in [-0.39, 0.29) is 17.9 Å². The number of hydrogen-bond donors (Lipinski definition) is 2. The van der Waals surface area contributed by atoms with E-state index in [2.05, 4.69) is 31.7 Å². The third-order valence-corrected chi connectivity index (χ3v) is 4.09. The lowest BCUT2D eigenvalue weighted by molar-refractivity contribution is -0.122. The largest absolute Gasteiger partial charge is 0.384 e. The maximum absolute atomic E-state index is 12.0. The van der Waals surface area contributed by atoms with Crippen molar-refractivity contribution >= 4 is 21.8 Å². The van der Waals surface area contributed by atoms with Gasteiger partial charge in [-0.05, 0) is 41.9 Å². The first-order valence-corrected chi connectivity index (χ1v) is 7.57. The van der Waals surface area contributed by atoms with Crippen LogP contribution in [0.25, 0.3) is 0 Å². The number of halogens is 1. The Balaban J connectivity index is 1.84. The molecule has 6 nitrogen and oxygen atoms in total. The number of nitrogens with zero attached hydrogens (tertiary/aromatic N) is 2. The van der Waals surface area contributed by atoms with E-state index in [0.29, 0.717) is 13.2 Å². The van der Waals surface area contributed by atoms with Gasteiger partial charge in [-0.15, -0.1) is 0 Å². The molecule has 0 radical (unpaired) electrons. The number of nitrogens with one attached hydrogen (secondary N) is 2. The fraction of sp³-hybridized carbons (Fsp3) is 0.692. The summed E-state index contributed by atoms with van der Waals surface area (Å²) in [6, 6.07) is 0. The number of rotatable bonds is 6. The predicted octanol–water partition coefficient (Wildman–Crippen LogP) is 0.778. The lowest BCUT2D eigenvalue weighted by atomic mass is 9.79. The average molecular weight is 345 g/mol. The molecule has 20 heavy (non-hydrogen) atoms. The zero-order valence-corrected chi connectivity index (χ0v) is 13.3. The Hall–Kier alpha value is -0.920. The van der Waals surface area contributed by atoms with Gasteiger partial charge < -0.3 is 15.4 Å². The van der Waals surface area contributed by atoms with Crippen LogP contribution in [0.1, 0.15) is 12.8 Å². The molecular formula is C13H21BrN4O2. The molecular weight excluding hydrogens is 324 g/mol. The number of methoxy groups -OCH3 is 1. The van der Waals surface area contributed by atoms with Gasteiger partial charge in [-0.25, -0.2) is 0 Å². The minimum absolute atomic E-state index is 0.0189. The van der Waals surface area contributed by atoms with Crippen molar-refractivity contribution in [3.63, 3.8) is 0 Å². The molecule has 1 amide bonds. The monoisotopic (exact) mass is 344 g/mol. The minimum atomic E-state index is -0.0189. The second kappa shape index (κ2) is 7.19. The molecule has 0 spiro atoms. The molecule has 1 aromatic rings. The zero-order chi connectivity index (χ0) is 14.4. The smallest absolute Gasteiger partial charge is 0.241 e. The highest BCUT2D eigenvalue weighted by molar-refractivity contribution is 9.10. The molecule has 112 valence electrons. The van der Waals surface area contributed by atoms with E-state index in [9.17, 15) is 4.79 Å². The van der Waals surface area contributed by atoms with E-state index in [4.69, 9.17) is 4.74 Å². The lowest BCUT2D eigenvalue weighted by Crippen LogP contribution is -2.47. The van der Waals surface area contributed by atoms with E-state index in [1.54, 1.807) is 24.2 Å². The van der Waals surface area contributed by atoms with Crippen molar-refractivity contribution in [1.82, 2.24) is 20.4 Å². The van der Waals surface area contributed by atoms with Gasteiger partial charge in [0.25, 0.3) is 0 Å². The van der Waals surface area contributed by atoms with Gasteiger partial charge in [0, 0.05) is 25.3 Å². The number of ether oxygens (including phenoxy) is 1. The molecule has 0 atom stereocenters. The van der Waals surface area contributed by atoms with Crippen molar-refractivity contribution in [2.75, 3.05) is 33.4 Å². The van der Waals surface area contributed by atoms with Crippen LogP contribution in [0.2, 0.25) is 0 Å². The standard InChI is InChI=1S/C13H21BrN4O2/c1-20-10-13(2-4-15-5-3-13)9-16-12(19)8-18-7-11(14)6-17-18/h6-7,15H,2-5,8-10H2,1H3,(H,16,19). The Morgan fingerprint density at radius 3 is 2.95 bits per heavy atom. The Morgan fingerprint density at radius 2 is 2.35 bits per heavy atom. The summed E-state index contributed by atoms with van der Waals surface area (Å²) in [5.41, 5.74) is 0.0559. The first-order chi connectivity index (χ1) is 9.63. The van der Waals surface area contributed by atoms with E-state index in [0.717, 1.165) is 30.4 Å². The Kier molecular flexibility index (Phi) is 5.56. The highest BCUT2D eigenvalue weighted by atomic mass is 79.9. The van der Waals surface area contributed by atoms with Crippen LogP contribution in [0, 0.1) is 5.41 Å². The molecule has 7 heteroatoms. The zero-order valence-electron chi connectivity index (χ0n) is 11.7. The van der Waals surface area contributed by atoms with Crippen LogP contribution in [0.3, 0.4) is 0 Å². The number of amides is 1. The van der Waals surface area contributed by atoms with Crippen molar-refractivity contribution in [3.05, 3.63) is 16.9 Å². The van der Waals surface area contributed by atoms with Crippen LogP contribution < -0.4 is 10.6 Å². The third-order valence-electron chi connectivity index (χ3n) is 3.68. The molecule has 1 saturated heterocycles. The lowest BCUT2D eigenvalue weighted by Gasteiger charge is -2.37. The van der Waals surface area contributed by atoms with Gasteiger partial charge in [0.15, 0.2) is 0 Å². The summed E-state index contributed by atoms with van der Waals surface area (Å²) in [5.74, 6) is -0.0189. The van der Waals surface area contributed by atoms with Gasteiger partial charge in [0.1, 0.15) is 6.54 Å². The molecule has 1 aromatic heterocycles. The summed E-state index contributed by atoms with van der Waals surface area (Å²) in [6.45, 7) is 3.54. The topological polar surface area (TPSA) is 68.2 Å². The predicted molar refractivity (Wildman–Crippen MR) is 79.3 cm³/mol. The maximum atomic E-state index is 12.0. The number of piperidine rings is 1. The second-order valence-electron chi connectivity index (χ2n) is 5.32. The minimum Gasteiger partial charge on any atom is -0.384 e. The Bertz CT molecular complexity index is 438. The summed E-state index contributed by atoms with van der Waals surface area (Å²) in [4.78, 5) is 12.0. The quantitative estimate of drug-likeness (QED) is 0.800. The van der Waals surface area contributed by atoms with Gasteiger partial charge in [-0.3, -0.25) is 9.48 Å². The molecule has 2 N–H and O–H groups in total. The van der Waals surface area contributed by atoms with E-state index in [1.165, 1.54) is 0 Å². The van der Waals surface area contributed by atoms with Crippen molar-refractivity contribution in [2.24, 2.45) is 5.41 Å². The molecule has 2 rings (SSSR count). The van der Waals surface area contributed by atoms with Crippen molar-refractivity contribution < 1.29 is 9.53 Å². The molecule has 0 aliphatic carbocycles. The van der Waals surface area contributed by atoms with Crippen molar-refractivity contribution in [2.45, 2.75) is 19.4 Å². The molecule has 1 fully saturated rings. The van der Waals surface area contributed by atoms with Crippen LogP contribution in [0.4, 0.5) is 0 Å². The SMILES string of the molecule is COCC1(CNC(=O)Cn2cc(Br)cn2)CCNCC1. The van der Waals surface area contributed by atoms with Crippen LogP contribution in [-0.2, 0) is 16.1 Å². The third kappa shape index (κ3) is 4.29. The van der Waals surface area contributed by atoms with Crippen LogP contribution in [0.5, 0.6) is 0 Å². The fourth-order valence-electron chi connectivity index (χ4n) is 2.55. The normalized spacial score (nSPS) is 17.9. The number of aromatic nitrogens is 2. The first kappa shape index (κ1) is 15.5. The molecule has 1 aliphatic heterocycles. The summed E-state index contributed by atoms with van der Waals surface area (Å²) in [5, 5.41) is 10.4. The fourth-order valence-corrected chi connectivity index (χ4v) is 2.88. The summed E-state index contributed by atoms with van der Waals surface area (Å²) >= 11 is 3.31. The van der Waals surface area contributed by atoms with Gasteiger partial charge in [-0.1, -0.05) is 0 Å². The second-order valence-corrected chi connectivity index (χ2v) is 6.23. The first-order valence-electron chi connectivity index (χ1n) is 6.78. The molecule has 2 heterocycles. The van der Waals surface area contributed by atoms with Gasteiger partial charge >= 0.3 is 0 Å². The molecule has 0 bridgehead atoms. The molecule has 1 aliphatic rings. The van der Waals surface area contributed by atoms with E-state index < -0.39 is 0 Å². The number of carbonyl (C=O) groups excluding carboxylic acids is 1. The molecule has 0 unspecified atom stereocenters.